The molecule has 1 aromatic carbocycles. The number of nitrogens with one attached hydrogen (secondary N) is 1. The Kier molecular flexibility index (Phi) is 7.47. The molecule has 2 aromatic rings. The standard InChI is InChI=1S/C18H22Cl2N4O/c1-3-4-9-24(2)18(25)16-11-17(23-12-22-16)21-8-7-13-5-6-14(19)10-15(13)20/h5-6,10-12H,3-4,7-9H2,1-2H3,(H,21,22,23). The lowest BCUT2D eigenvalue weighted by molar-refractivity contribution is 0.0787. The maximum atomic E-state index is 12.4. The van der Waals surface area contributed by atoms with Crippen molar-refractivity contribution in [2.24, 2.45) is 0 Å². The predicted molar refractivity (Wildman–Crippen MR) is 103 cm³/mol. The fraction of sp³-hybridized carbons (Fsp3) is 0.389. The number of unbranched alkanes of at least 4 members (excludes halogenated alkanes) is 1. The maximum Gasteiger partial charge on any atom is 0.272 e. The van der Waals surface area contributed by atoms with Gasteiger partial charge in [-0.15, -0.1) is 0 Å². The van der Waals surface area contributed by atoms with Gasteiger partial charge in [-0.25, -0.2) is 9.97 Å². The monoisotopic (exact) mass is 380 g/mol. The Morgan fingerprint density at radius 2 is 2.04 bits per heavy atom. The lowest BCUT2D eigenvalue weighted by Gasteiger charge is -2.16. The highest BCUT2D eigenvalue weighted by Gasteiger charge is 2.13. The molecule has 5 nitrogen and oxygen atoms in total. The number of hydrogen-bond donors (Lipinski definition) is 1. The molecule has 7 heteroatoms. The molecule has 0 bridgehead atoms. The van der Waals surface area contributed by atoms with Crippen molar-refractivity contribution in [1.29, 1.82) is 0 Å². The normalized spacial score (nSPS) is 10.6. The average molecular weight is 381 g/mol. The highest BCUT2D eigenvalue weighted by Crippen LogP contribution is 2.21. The van der Waals surface area contributed by atoms with E-state index in [-0.39, 0.29) is 5.91 Å². The second kappa shape index (κ2) is 9.59. The van der Waals surface area contributed by atoms with Crippen LogP contribution in [0.15, 0.2) is 30.6 Å². The Morgan fingerprint density at radius 3 is 2.76 bits per heavy atom. The lowest BCUT2D eigenvalue weighted by Crippen LogP contribution is -2.28. The summed E-state index contributed by atoms with van der Waals surface area (Å²) in [6.45, 7) is 3.45. The summed E-state index contributed by atoms with van der Waals surface area (Å²) < 4.78 is 0. The second-order valence-electron chi connectivity index (χ2n) is 5.78. The van der Waals surface area contributed by atoms with Crippen LogP contribution >= 0.6 is 23.2 Å². The average Bonchev–Trinajstić information content (AvgIpc) is 2.61. The molecular weight excluding hydrogens is 359 g/mol. The summed E-state index contributed by atoms with van der Waals surface area (Å²) in [4.78, 5) is 22.3. The van der Waals surface area contributed by atoms with Crippen molar-refractivity contribution in [2.75, 3.05) is 25.5 Å². The van der Waals surface area contributed by atoms with Crippen molar-refractivity contribution in [3.63, 3.8) is 0 Å². The van der Waals surface area contributed by atoms with Gasteiger partial charge in [0.05, 0.1) is 0 Å². The molecule has 0 fully saturated rings. The molecule has 25 heavy (non-hydrogen) atoms. The van der Waals surface area contributed by atoms with Crippen LogP contribution in [-0.2, 0) is 6.42 Å². The molecule has 0 aliphatic heterocycles. The van der Waals surface area contributed by atoms with Gasteiger partial charge in [0, 0.05) is 36.2 Å². The van der Waals surface area contributed by atoms with Crippen molar-refractivity contribution in [3.8, 4) is 0 Å². The molecule has 0 unspecified atom stereocenters. The summed E-state index contributed by atoms with van der Waals surface area (Å²) in [5.74, 6) is 0.520. The molecular formula is C18H22Cl2N4O. The number of benzene rings is 1. The molecule has 0 saturated heterocycles. The van der Waals surface area contributed by atoms with E-state index >= 15 is 0 Å². The van der Waals surface area contributed by atoms with E-state index < -0.39 is 0 Å². The Morgan fingerprint density at radius 1 is 1.24 bits per heavy atom. The summed E-state index contributed by atoms with van der Waals surface area (Å²) in [7, 11) is 1.79. The van der Waals surface area contributed by atoms with Crippen LogP contribution in [0.3, 0.4) is 0 Å². The van der Waals surface area contributed by atoms with Crippen LogP contribution in [0.5, 0.6) is 0 Å². The van der Waals surface area contributed by atoms with Crippen LogP contribution in [0.25, 0.3) is 0 Å². The summed E-state index contributed by atoms with van der Waals surface area (Å²) in [6, 6.07) is 7.13. The topological polar surface area (TPSA) is 58.1 Å². The molecule has 0 atom stereocenters. The van der Waals surface area contributed by atoms with Gasteiger partial charge in [0.1, 0.15) is 17.8 Å². The highest BCUT2D eigenvalue weighted by atomic mass is 35.5. The Hall–Kier alpha value is -1.85. The maximum absolute atomic E-state index is 12.4. The van der Waals surface area contributed by atoms with Crippen LogP contribution in [0.2, 0.25) is 10.0 Å². The van der Waals surface area contributed by atoms with Crippen molar-refractivity contribution in [2.45, 2.75) is 26.2 Å². The molecule has 1 heterocycles. The number of amides is 1. The van der Waals surface area contributed by atoms with E-state index in [1.54, 1.807) is 24.1 Å². The van der Waals surface area contributed by atoms with Gasteiger partial charge in [-0.05, 0) is 30.5 Å². The largest absolute Gasteiger partial charge is 0.370 e. The van der Waals surface area contributed by atoms with Crippen LogP contribution in [0.1, 0.15) is 35.8 Å². The fourth-order valence-electron chi connectivity index (χ4n) is 2.31. The number of carbonyl (C=O) groups is 1. The van der Waals surface area contributed by atoms with Gasteiger partial charge in [-0.2, -0.15) is 0 Å². The van der Waals surface area contributed by atoms with Gasteiger partial charge >= 0.3 is 0 Å². The van der Waals surface area contributed by atoms with Crippen molar-refractivity contribution in [3.05, 3.63) is 51.9 Å². The third kappa shape index (κ3) is 5.87. The molecule has 0 aliphatic carbocycles. The summed E-state index contributed by atoms with van der Waals surface area (Å²) in [6.07, 6.45) is 4.14. The first kappa shape index (κ1) is 19.5. The first-order valence-corrected chi connectivity index (χ1v) is 9.02. The predicted octanol–water partition coefficient (Wildman–Crippen LogP) is 4.31. The van der Waals surface area contributed by atoms with Crippen LogP contribution in [0, 0.1) is 0 Å². The number of carbonyl (C=O) groups excluding carboxylic acids is 1. The summed E-state index contributed by atoms with van der Waals surface area (Å²) in [5.41, 5.74) is 1.39. The molecule has 1 N–H and O–H groups in total. The zero-order valence-corrected chi connectivity index (χ0v) is 15.9. The Bertz CT molecular complexity index is 724. The highest BCUT2D eigenvalue weighted by molar-refractivity contribution is 6.35. The van der Waals surface area contributed by atoms with Gasteiger partial charge in [-0.1, -0.05) is 42.6 Å². The lowest BCUT2D eigenvalue weighted by atomic mass is 10.1. The fourth-order valence-corrected chi connectivity index (χ4v) is 2.82. The summed E-state index contributed by atoms with van der Waals surface area (Å²) in [5, 5.41) is 4.46. The van der Waals surface area contributed by atoms with E-state index in [2.05, 4.69) is 22.2 Å². The van der Waals surface area contributed by atoms with Crippen molar-refractivity contribution < 1.29 is 4.79 Å². The van der Waals surface area contributed by atoms with Crippen molar-refractivity contribution in [1.82, 2.24) is 14.9 Å². The molecule has 1 amide bonds. The van der Waals surface area contributed by atoms with E-state index in [4.69, 9.17) is 23.2 Å². The minimum absolute atomic E-state index is 0.0976. The van der Waals surface area contributed by atoms with Gasteiger partial charge < -0.3 is 10.2 Å². The number of hydrogen-bond acceptors (Lipinski definition) is 4. The molecule has 0 spiro atoms. The van der Waals surface area contributed by atoms with Gasteiger partial charge in [0.2, 0.25) is 0 Å². The smallest absolute Gasteiger partial charge is 0.272 e. The van der Waals surface area contributed by atoms with Crippen LogP contribution < -0.4 is 5.32 Å². The first-order valence-electron chi connectivity index (χ1n) is 8.26. The minimum Gasteiger partial charge on any atom is -0.370 e. The van der Waals surface area contributed by atoms with Crippen molar-refractivity contribution >= 4 is 34.9 Å². The summed E-state index contributed by atoms with van der Waals surface area (Å²) >= 11 is 12.1. The first-order chi connectivity index (χ1) is 12.0. The van der Waals surface area contributed by atoms with Crippen LogP contribution in [-0.4, -0.2) is 40.9 Å². The Labute approximate surface area is 158 Å². The van der Waals surface area contributed by atoms with E-state index in [0.717, 1.165) is 31.4 Å². The van der Waals surface area contributed by atoms with E-state index in [1.165, 1.54) is 6.33 Å². The van der Waals surface area contributed by atoms with E-state index in [1.807, 2.05) is 12.1 Å². The van der Waals surface area contributed by atoms with Gasteiger partial charge in [-0.3, -0.25) is 4.79 Å². The minimum atomic E-state index is -0.0976. The zero-order chi connectivity index (χ0) is 18.2. The number of rotatable bonds is 8. The molecule has 134 valence electrons. The zero-order valence-electron chi connectivity index (χ0n) is 14.4. The molecule has 0 saturated carbocycles. The molecule has 2 rings (SSSR count). The van der Waals surface area contributed by atoms with E-state index in [0.29, 0.717) is 28.1 Å². The molecule has 1 aromatic heterocycles. The number of anilines is 1. The SMILES string of the molecule is CCCCN(C)C(=O)c1cc(NCCc2ccc(Cl)cc2Cl)ncn1. The van der Waals surface area contributed by atoms with Gasteiger partial charge in [0.15, 0.2) is 0 Å². The number of nitrogens with zero attached hydrogens (tertiary/aromatic N) is 3. The van der Waals surface area contributed by atoms with Gasteiger partial charge in [0.25, 0.3) is 5.91 Å². The molecule has 0 aliphatic rings. The number of halogens is 2. The molecule has 0 radical (unpaired) electrons. The number of aromatic nitrogens is 2. The Balaban J connectivity index is 1.93. The third-order valence-corrected chi connectivity index (χ3v) is 4.38. The quantitative estimate of drug-likeness (QED) is 0.740. The van der Waals surface area contributed by atoms with Crippen LogP contribution in [0.4, 0.5) is 5.82 Å². The van der Waals surface area contributed by atoms with E-state index in [9.17, 15) is 4.79 Å². The second-order valence-corrected chi connectivity index (χ2v) is 6.62. The third-order valence-electron chi connectivity index (χ3n) is 3.80.